The molecule has 0 aliphatic heterocycles. The number of para-hydroxylation sites is 1. The summed E-state index contributed by atoms with van der Waals surface area (Å²) >= 11 is 1.85. The number of benzene rings is 1. The molecule has 0 radical (unpaired) electrons. The molecule has 0 aliphatic rings. The van der Waals surface area contributed by atoms with E-state index in [9.17, 15) is 0 Å². The standard InChI is InChI=1S/C13H15NOS/c1-2-16-13-6-4-3-5-12(13)14-9-11-7-8-15-10-11/h3-8,10,14H,2,9H2,1H3. The highest BCUT2D eigenvalue weighted by molar-refractivity contribution is 7.99. The van der Waals surface area contributed by atoms with Gasteiger partial charge in [0, 0.05) is 22.7 Å². The lowest BCUT2D eigenvalue weighted by atomic mass is 10.3. The maximum Gasteiger partial charge on any atom is 0.0952 e. The van der Waals surface area contributed by atoms with Crippen LogP contribution >= 0.6 is 11.8 Å². The molecule has 0 bridgehead atoms. The Kier molecular flexibility index (Phi) is 3.94. The van der Waals surface area contributed by atoms with Crippen LogP contribution in [0.3, 0.4) is 0 Å². The summed E-state index contributed by atoms with van der Waals surface area (Å²) in [6, 6.07) is 10.4. The fourth-order valence-electron chi connectivity index (χ4n) is 1.48. The lowest BCUT2D eigenvalue weighted by Crippen LogP contribution is -1.99. The number of hydrogen-bond donors (Lipinski definition) is 1. The van der Waals surface area contributed by atoms with E-state index in [1.165, 1.54) is 10.6 Å². The Morgan fingerprint density at radius 3 is 2.88 bits per heavy atom. The van der Waals surface area contributed by atoms with Crippen LogP contribution in [0, 0.1) is 0 Å². The molecule has 0 fully saturated rings. The van der Waals surface area contributed by atoms with E-state index in [1.807, 2.05) is 17.8 Å². The van der Waals surface area contributed by atoms with Gasteiger partial charge in [0.1, 0.15) is 0 Å². The second-order valence-electron chi connectivity index (χ2n) is 3.41. The predicted octanol–water partition coefficient (Wildman–Crippen LogP) is 4.00. The number of anilines is 1. The summed E-state index contributed by atoms with van der Waals surface area (Å²) in [6.07, 6.45) is 3.46. The number of thioether (sulfide) groups is 1. The van der Waals surface area contributed by atoms with Crippen LogP contribution in [-0.4, -0.2) is 5.75 Å². The van der Waals surface area contributed by atoms with E-state index < -0.39 is 0 Å². The quantitative estimate of drug-likeness (QED) is 0.790. The zero-order valence-corrected chi connectivity index (χ0v) is 10.1. The van der Waals surface area contributed by atoms with Crippen molar-refractivity contribution in [3.8, 4) is 0 Å². The molecule has 1 aromatic carbocycles. The highest BCUT2D eigenvalue weighted by atomic mass is 32.2. The van der Waals surface area contributed by atoms with Crippen LogP contribution in [0.5, 0.6) is 0 Å². The maximum absolute atomic E-state index is 5.04. The van der Waals surface area contributed by atoms with Crippen molar-refractivity contribution in [1.82, 2.24) is 0 Å². The zero-order valence-electron chi connectivity index (χ0n) is 9.27. The molecule has 0 spiro atoms. The zero-order chi connectivity index (χ0) is 11.2. The normalized spacial score (nSPS) is 10.3. The van der Waals surface area contributed by atoms with Gasteiger partial charge in [0.2, 0.25) is 0 Å². The van der Waals surface area contributed by atoms with Gasteiger partial charge in [-0.25, -0.2) is 0 Å². The van der Waals surface area contributed by atoms with Gasteiger partial charge in [-0.05, 0) is 24.0 Å². The van der Waals surface area contributed by atoms with E-state index >= 15 is 0 Å². The van der Waals surface area contributed by atoms with Crippen LogP contribution in [0.4, 0.5) is 5.69 Å². The van der Waals surface area contributed by atoms with Crippen LogP contribution in [0.15, 0.2) is 52.2 Å². The molecule has 84 valence electrons. The van der Waals surface area contributed by atoms with Gasteiger partial charge in [0.25, 0.3) is 0 Å². The van der Waals surface area contributed by atoms with Crippen LogP contribution in [-0.2, 0) is 6.54 Å². The van der Waals surface area contributed by atoms with Crippen molar-refractivity contribution in [1.29, 1.82) is 0 Å². The minimum absolute atomic E-state index is 0.803. The molecule has 3 heteroatoms. The van der Waals surface area contributed by atoms with Crippen molar-refractivity contribution in [2.45, 2.75) is 18.4 Å². The summed E-state index contributed by atoms with van der Waals surface area (Å²) in [5.41, 5.74) is 2.35. The molecule has 1 aromatic heterocycles. The number of hydrogen-bond acceptors (Lipinski definition) is 3. The van der Waals surface area contributed by atoms with Gasteiger partial charge in [-0.1, -0.05) is 19.1 Å². The van der Waals surface area contributed by atoms with Crippen LogP contribution < -0.4 is 5.32 Å². The van der Waals surface area contributed by atoms with Crippen molar-refractivity contribution in [3.05, 3.63) is 48.4 Å². The van der Waals surface area contributed by atoms with E-state index in [0.717, 1.165) is 17.9 Å². The third-order valence-electron chi connectivity index (χ3n) is 2.25. The lowest BCUT2D eigenvalue weighted by Gasteiger charge is -2.09. The van der Waals surface area contributed by atoms with E-state index in [2.05, 4.69) is 36.5 Å². The second kappa shape index (κ2) is 5.66. The fourth-order valence-corrected chi connectivity index (χ4v) is 2.27. The molecule has 0 unspecified atom stereocenters. The van der Waals surface area contributed by atoms with Crippen molar-refractivity contribution in [3.63, 3.8) is 0 Å². The predicted molar refractivity (Wildman–Crippen MR) is 68.9 cm³/mol. The Balaban J connectivity index is 2.03. The molecule has 2 aromatic rings. The molecule has 0 amide bonds. The van der Waals surface area contributed by atoms with Gasteiger partial charge in [0.05, 0.1) is 12.5 Å². The van der Waals surface area contributed by atoms with Gasteiger partial charge < -0.3 is 9.73 Å². The average molecular weight is 233 g/mol. The maximum atomic E-state index is 5.04. The van der Waals surface area contributed by atoms with E-state index in [1.54, 1.807) is 12.5 Å². The third-order valence-corrected chi connectivity index (χ3v) is 3.21. The van der Waals surface area contributed by atoms with Gasteiger partial charge in [-0.15, -0.1) is 11.8 Å². The molecule has 0 atom stereocenters. The Labute approximate surface area is 100 Å². The smallest absolute Gasteiger partial charge is 0.0952 e. The lowest BCUT2D eigenvalue weighted by molar-refractivity contribution is 0.564. The van der Waals surface area contributed by atoms with Gasteiger partial charge in [0.15, 0.2) is 0 Å². The van der Waals surface area contributed by atoms with Crippen LogP contribution in [0.25, 0.3) is 0 Å². The number of furan rings is 1. The first-order valence-corrected chi connectivity index (χ1v) is 6.35. The third kappa shape index (κ3) is 2.83. The summed E-state index contributed by atoms with van der Waals surface area (Å²) in [6.45, 7) is 2.97. The molecule has 1 N–H and O–H groups in total. The molecule has 0 aliphatic carbocycles. The molecule has 0 saturated heterocycles. The fraction of sp³-hybridized carbons (Fsp3) is 0.231. The molecule has 16 heavy (non-hydrogen) atoms. The highest BCUT2D eigenvalue weighted by Crippen LogP contribution is 2.26. The van der Waals surface area contributed by atoms with E-state index in [-0.39, 0.29) is 0 Å². The SMILES string of the molecule is CCSc1ccccc1NCc1ccoc1. The Hall–Kier alpha value is -1.35. The molecular formula is C13H15NOS. The first-order chi connectivity index (χ1) is 7.90. The first kappa shape index (κ1) is 11.1. The molecular weight excluding hydrogens is 218 g/mol. The van der Waals surface area contributed by atoms with Gasteiger partial charge in [-0.3, -0.25) is 0 Å². The number of rotatable bonds is 5. The summed E-state index contributed by atoms with van der Waals surface area (Å²) in [4.78, 5) is 1.30. The monoisotopic (exact) mass is 233 g/mol. The van der Waals surface area contributed by atoms with E-state index in [4.69, 9.17) is 4.42 Å². The molecule has 2 rings (SSSR count). The van der Waals surface area contributed by atoms with Gasteiger partial charge in [-0.2, -0.15) is 0 Å². The van der Waals surface area contributed by atoms with Crippen molar-refractivity contribution in [2.75, 3.05) is 11.1 Å². The molecule has 0 saturated carbocycles. The Morgan fingerprint density at radius 1 is 1.25 bits per heavy atom. The average Bonchev–Trinajstić information content (AvgIpc) is 2.81. The minimum Gasteiger partial charge on any atom is -0.472 e. The highest BCUT2D eigenvalue weighted by Gasteiger charge is 2.01. The number of nitrogens with one attached hydrogen (secondary N) is 1. The van der Waals surface area contributed by atoms with Crippen molar-refractivity contribution in [2.24, 2.45) is 0 Å². The summed E-state index contributed by atoms with van der Waals surface area (Å²) in [5, 5.41) is 3.42. The van der Waals surface area contributed by atoms with Gasteiger partial charge >= 0.3 is 0 Å². The van der Waals surface area contributed by atoms with E-state index in [0.29, 0.717) is 0 Å². The Morgan fingerprint density at radius 2 is 2.12 bits per heavy atom. The van der Waals surface area contributed by atoms with Crippen LogP contribution in [0.2, 0.25) is 0 Å². The summed E-state index contributed by atoms with van der Waals surface area (Å²) in [5.74, 6) is 1.09. The summed E-state index contributed by atoms with van der Waals surface area (Å²) in [7, 11) is 0. The minimum atomic E-state index is 0.803. The van der Waals surface area contributed by atoms with Crippen molar-refractivity contribution < 1.29 is 4.42 Å². The summed E-state index contributed by atoms with van der Waals surface area (Å²) < 4.78 is 5.04. The largest absolute Gasteiger partial charge is 0.472 e. The second-order valence-corrected chi connectivity index (χ2v) is 4.72. The molecule has 2 nitrogen and oxygen atoms in total. The van der Waals surface area contributed by atoms with Crippen LogP contribution in [0.1, 0.15) is 12.5 Å². The topological polar surface area (TPSA) is 25.2 Å². The Bertz CT molecular complexity index is 425. The first-order valence-electron chi connectivity index (χ1n) is 5.37. The molecule has 1 heterocycles. The van der Waals surface area contributed by atoms with Crippen molar-refractivity contribution >= 4 is 17.4 Å².